The van der Waals surface area contributed by atoms with Crippen molar-refractivity contribution in [1.29, 1.82) is 0 Å². The van der Waals surface area contributed by atoms with E-state index in [9.17, 15) is 13.9 Å². The van der Waals surface area contributed by atoms with Crippen molar-refractivity contribution in [2.45, 2.75) is 52.1 Å². The molecule has 1 aliphatic rings. The molecule has 0 saturated heterocycles. The molecule has 1 nitrogen and oxygen atoms in total. The topological polar surface area (TPSA) is 20.2 Å². The van der Waals surface area contributed by atoms with E-state index in [1.807, 2.05) is 0 Å². The molecule has 0 spiro atoms. The largest absolute Gasteiger partial charge is 0.390 e. The van der Waals surface area contributed by atoms with Crippen LogP contribution in [0.3, 0.4) is 0 Å². The van der Waals surface area contributed by atoms with Crippen LogP contribution in [-0.2, 0) is 6.42 Å². The lowest BCUT2D eigenvalue weighted by molar-refractivity contribution is -0.0579. The van der Waals surface area contributed by atoms with Gasteiger partial charge in [-0.25, -0.2) is 8.78 Å². The highest BCUT2D eigenvalue weighted by molar-refractivity contribution is 5.21. The van der Waals surface area contributed by atoms with Gasteiger partial charge in [0.15, 0.2) is 11.6 Å². The number of hydrogen-bond donors (Lipinski definition) is 1. The third kappa shape index (κ3) is 3.33. The van der Waals surface area contributed by atoms with Gasteiger partial charge in [-0.15, -0.1) is 0 Å². The Morgan fingerprint density at radius 3 is 2.58 bits per heavy atom. The smallest absolute Gasteiger partial charge is 0.162 e. The summed E-state index contributed by atoms with van der Waals surface area (Å²) in [6.45, 7) is 6.35. The third-order valence-electron chi connectivity index (χ3n) is 3.99. The Labute approximate surface area is 113 Å². The zero-order valence-electron chi connectivity index (χ0n) is 11.8. The lowest BCUT2D eigenvalue weighted by atomic mass is 9.64. The highest BCUT2D eigenvalue weighted by Gasteiger charge is 2.41. The number of rotatable bonds is 2. The van der Waals surface area contributed by atoms with Crippen LogP contribution in [-0.4, -0.2) is 10.7 Å². The van der Waals surface area contributed by atoms with Gasteiger partial charge in [-0.1, -0.05) is 32.9 Å². The van der Waals surface area contributed by atoms with Crippen LogP contribution >= 0.6 is 0 Å². The van der Waals surface area contributed by atoms with Crippen molar-refractivity contribution < 1.29 is 13.9 Å². The maximum atomic E-state index is 13.7. The van der Waals surface area contributed by atoms with E-state index in [4.69, 9.17) is 0 Å². The summed E-state index contributed by atoms with van der Waals surface area (Å²) in [6, 6.07) is 4.16. The average Bonchev–Trinajstić information content (AvgIpc) is 2.20. The Balaban J connectivity index is 2.23. The molecule has 3 heteroatoms. The van der Waals surface area contributed by atoms with Crippen molar-refractivity contribution in [3.05, 3.63) is 35.4 Å². The first-order valence-electron chi connectivity index (χ1n) is 6.86. The molecule has 1 fully saturated rings. The first-order chi connectivity index (χ1) is 8.71. The predicted octanol–water partition coefficient (Wildman–Crippen LogP) is 4.08. The molecule has 0 heterocycles. The minimum absolute atomic E-state index is 0.0379. The average molecular weight is 268 g/mol. The second-order valence-electron chi connectivity index (χ2n) is 6.97. The fourth-order valence-corrected chi connectivity index (χ4v) is 3.87. The molecular weight excluding hydrogens is 246 g/mol. The summed E-state index contributed by atoms with van der Waals surface area (Å²) in [5, 5.41) is 10.8. The van der Waals surface area contributed by atoms with Crippen LogP contribution < -0.4 is 0 Å². The normalized spacial score (nSPS) is 30.3. The molecule has 1 N–H and O–H groups in total. The van der Waals surface area contributed by atoms with Crippen molar-refractivity contribution in [2.24, 2.45) is 11.3 Å². The third-order valence-corrected chi connectivity index (χ3v) is 3.99. The van der Waals surface area contributed by atoms with Gasteiger partial charge in [-0.3, -0.25) is 0 Å². The number of halogens is 2. The van der Waals surface area contributed by atoms with Crippen LogP contribution in [0.1, 0.15) is 45.6 Å². The van der Waals surface area contributed by atoms with E-state index in [1.165, 1.54) is 6.07 Å². The van der Waals surface area contributed by atoms with Crippen LogP contribution in [0.15, 0.2) is 18.2 Å². The van der Waals surface area contributed by atoms with E-state index in [0.717, 1.165) is 12.5 Å². The molecule has 0 radical (unpaired) electrons. The molecule has 1 aromatic rings. The van der Waals surface area contributed by atoms with Crippen molar-refractivity contribution in [3.8, 4) is 0 Å². The zero-order valence-corrected chi connectivity index (χ0v) is 11.8. The molecule has 0 aliphatic heterocycles. The molecule has 1 aliphatic carbocycles. The molecule has 19 heavy (non-hydrogen) atoms. The zero-order chi connectivity index (χ0) is 14.3. The standard InChI is InChI=1S/C16H22F2O/c1-11-7-15(2,3)10-16(19,8-11)9-12-5-4-6-13(17)14(12)18/h4-6,11,19H,7-10H2,1-3H3. The first kappa shape index (κ1) is 14.4. The maximum Gasteiger partial charge on any atom is 0.162 e. The monoisotopic (exact) mass is 268 g/mol. The van der Waals surface area contributed by atoms with Crippen LogP contribution in [0.25, 0.3) is 0 Å². The fourth-order valence-electron chi connectivity index (χ4n) is 3.87. The summed E-state index contributed by atoms with van der Waals surface area (Å²) in [6.07, 6.45) is 2.51. The Hall–Kier alpha value is -0.960. The number of benzene rings is 1. The van der Waals surface area contributed by atoms with Gasteiger partial charge in [0.2, 0.25) is 0 Å². The van der Waals surface area contributed by atoms with Crippen LogP contribution in [0, 0.1) is 23.0 Å². The maximum absolute atomic E-state index is 13.7. The van der Waals surface area contributed by atoms with Crippen molar-refractivity contribution in [2.75, 3.05) is 0 Å². The summed E-state index contributed by atoms with van der Waals surface area (Å²) < 4.78 is 27.0. The highest BCUT2D eigenvalue weighted by atomic mass is 19.2. The Morgan fingerprint density at radius 1 is 1.26 bits per heavy atom. The molecule has 106 valence electrons. The number of aliphatic hydroxyl groups is 1. The van der Waals surface area contributed by atoms with Gasteiger partial charge in [0, 0.05) is 6.42 Å². The molecule has 2 rings (SSSR count). The van der Waals surface area contributed by atoms with Gasteiger partial charge in [-0.2, -0.15) is 0 Å². The van der Waals surface area contributed by atoms with Gasteiger partial charge in [-0.05, 0) is 42.2 Å². The molecule has 2 atom stereocenters. The van der Waals surface area contributed by atoms with Crippen LogP contribution in [0.5, 0.6) is 0 Å². The SMILES string of the molecule is CC1CC(C)(C)CC(O)(Cc2cccc(F)c2F)C1. The molecule has 0 bridgehead atoms. The van der Waals surface area contributed by atoms with Gasteiger partial charge < -0.3 is 5.11 Å². The predicted molar refractivity (Wildman–Crippen MR) is 71.8 cm³/mol. The van der Waals surface area contributed by atoms with E-state index in [0.29, 0.717) is 18.8 Å². The minimum atomic E-state index is -0.935. The van der Waals surface area contributed by atoms with Crippen LogP contribution in [0.4, 0.5) is 8.78 Å². The summed E-state index contributed by atoms with van der Waals surface area (Å²) in [7, 11) is 0. The van der Waals surface area contributed by atoms with E-state index in [2.05, 4.69) is 20.8 Å². The van der Waals surface area contributed by atoms with E-state index >= 15 is 0 Å². The Kier molecular flexibility index (Phi) is 3.69. The van der Waals surface area contributed by atoms with Crippen LogP contribution in [0.2, 0.25) is 0 Å². The lowest BCUT2D eigenvalue weighted by Gasteiger charge is -2.44. The Bertz CT molecular complexity index is 470. The minimum Gasteiger partial charge on any atom is -0.390 e. The summed E-state index contributed by atoms with van der Waals surface area (Å²) >= 11 is 0. The summed E-state index contributed by atoms with van der Waals surface area (Å²) in [5.74, 6) is -1.28. The van der Waals surface area contributed by atoms with Crippen molar-refractivity contribution in [1.82, 2.24) is 0 Å². The lowest BCUT2D eigenvalue weighted by Crippen LogP contribution is -2.43. The van der Waals surface area contributed by atoms with Gasteiger partial charge in [0.25, 0.3) is 0 Å². The van der Waals surface area contributed by atoms with Gasteiger partial charge in [0.05, 0.1) is 5.60 Å². The molecular formula is C16H22F2O. The highest BCUT2D eigenvalue weighted by Crippen LogP contribution is 2.45. The van der Waals surface area contributed by atoms with E-state index in [1.54, 1.807) is 6.07 Å². The second-order valence-corrected chi connectivity index (χ2v) is 6.97. The second kappa shape index (κ2) is 4.86. The molecule has 1 saturated carbocycles. The quantitative estimate of drug-likeness (QED) is 0.856. The first-order valence-corrected chi connectivity index (χ1v) is 6.86. The van der Waals surface area contributed by atoms with Gasteiger partial charge >= 0.3 is 0 Å². The Morgan fingerprint density at radius 2 is 1.95 bits per heavy atom. The molecule has 1 aromatic carbocycles. The van der Waals surface area contributed by atoms with E-state index in [-0.39, 0.29) is 17.4 Å². The number of hydrogen-bond acceptors (Lipinski definition) is 1. The molecule has 2 unspecified atom stereocenters. The summed E-state index contributed by atoms with van der Waals surface area (Å²) in [5.41, 5.74) is -0.626. The van der Waals surface area contributed by atoms with E-state index < -0.39 is 17.2 Å². The molecule has 0 aromatic heterocycles. The fraction of sp³-hybridized carbons (Fsp3) is 0.625. The summed E-state index contributed by atoms with van der Waals surface area (Å²) in [4.78, 5) is 0. The van der Waals surface area contributed by atoms with Crippen molar-refractivity contribution in [3.63, 3.8) is 0 Å². The van der Waals surface area contributed by atoms with Gasteiger partial charge in [0.1, 0.15) is 0 Å². The van der Waals surface area contributed by atoms with Crippen molar-refractivity contribution >= 4 is 0 Å². The molecule has 0 amide bonds.